The van der Waals surface area contributed by atoms with E-state index in [9.17, 15) is 0 Å². The van der Waals surface area contributed by atoms with Gasteiger partial charge < -0.3 is 14.6 Å². The molecule has 256 valence electrons. The van der Waals surface area contributed by atoms with E-state index in [-0.39, 0.29) is 16.6 Å². The third-order valence-electron chi connectivity index (χ3n) is 12.0. The summed E-state index contributed by atoms with van der Waals surface area (Å²) in [4.78, 5) is 0. The van der Waals surface area contributed by atoms with Gasteiger partial charge in [-0.05, 0) is 95.4 Å². The Hall–Kier alpha value is -1.51. The lowest BCUT2D eigenvalue weighted by molar-refractivity contribution is -0.0396. The monoisotopic (exact) mass is 661 g/mol. The number of hydrogen-bond donors (Lipinski definition) is 1. The highest BCUT2D eigenvalue weighted by molar-refractivity contribution is 6.99. The highest BCUT2D eigenvalue weighted by atomic mass is 28.4. The molecule has 2 N–H and O–H groups in total. The van der Waals surface area contributed by atoms with Gasteiger partial charge in [-0.25, -0.2) is 0 Å². The van der Waals surface area contributed by atoms with E-state index in [1.807, 2.05) is 0 Å². The smallest absolute Gasteiger partial charge is 0.261 e. The Kier molecular flexibility index (Phi) is 12.5. The van der Waals surface area contributed by atoms with E-state index in [4.69, 9.17) is 14.6 Å². The van der Waals surface area contributed by atoms with E-state index in [0.717, 1.165) is 38.8 Å². The largest absolute Gasteiger partial charge is 0.412 e. The maximum Gasteiger partial charge on any atom is 0.261 e. The minimum Gasteiger partial charge on any atom is -0.412 e. The van der Waals surface area contributed by atoms with Crippen LogP contribution in [0.25, 0.3) is 0 Å². The van der Waals surface area contributed by atoms with Gasteiger partial charge in [0.05, 0.1) is 6.10 Å². The molecule has 2 aliphatic rings. The highest BCUT2D eigenvalue weighted by Crippen LogP contribution is 2.60. The molecule has 3 nitrogen and oxygen atoms in total. The van der Waals surface area contributed by atoms with Crippen molar-refractivity contribution in [2.24, 2.45) is 23.0 Å². The van der Waals surface area contributed by atoms with Crippen molar-refractivity contribution in [2.45, 2.75) is 142 Å². The van der Waals surface area contributed by atoms with Gasteiger partial charge in [0.15, 0.2) is 0 Å². The Balaban J connectivity index is 1.65. The van der Waals surface area contributed by atoms with Gasteiger partial charge in [0.1, 0.15) is 0 Å². The fraction of sp³-hybridized carbons (Fsp3) is 0.659. The summed E-state index contributed by atoms with van der Waals surface area (Å²) in [5.74, 6) is 1.36. The number of fused-ring (bicyclic) bond motifs is 1. The summed E-state index contributed by atoms with van der Waals surface area (Å²) in [6, 6.07) is 22.2. The number of benzene rings is 2. The quantitative estimate of drug-likeness (QED) is 0.117. The lowest BCUT2D eigenvalue weighted by Crippen LogP contribution is -2.66. The summed E-state index contributed by atoms with van der Waals surface area (Å²) < 4.78 is 15.2. The molecule has 5 heteroatoms. The van der Waals surface area contributed by atoms with Gasteiger partial charge in [-0.3, -0.25) is 0 Å². The summed E-state index contributed by atoms with van der Waals surface area (Å²) in [7, 11) is -4.60. The zero-order valence-corrected chi connectivity index (χ0v) is 33.1. The maximum atomic E-state index is 7.83. The van der Waals surface area contributed by atoms with Crippen LogP contribution in [0, 0.1) is 17.3 Å². The van der Waals surface area contributed by atoms with E-state index in [1.165, 1.54) is 29.6 Å². The van der Waals surface area contributed by atoms with E-state index in [0.29, 0.717) is 28.5 Å². The van der Waals surface area contributed by atoms with Crippen LogP contribution in [0.2, 0.25) is 21.7 Å². The molecule has 2 aromatic carbocycles. The Morgan fingerprint density at radius 3 is 1.85 bits per heavy atom. The second kappa shape index (κ2) is 15.4. The van der Waals surface area contributed by atoms with Gasteiger partial charge in [0.2, 0.25) is 8.32 Å². The van der Waals surface area contributed by atoms with Gasteiger partial charge in [-0.1, -0.05) is 142 Å². The van der Waals surface area contributed by atoms with Gasteiger partial charge in [-0.2, -0.15) is 0 Å². The fourth-order valence-electron chi connectivity index (χ4n) is 10.2. The third kappa shape index (κ3) is 6.96. The van der Waals surface area contributed by atoms with Crippen molar-refractivity contribution in [3.8, 4) is 0 Å². The Morgan fingerprint density at radius 1 is 0.826 bits per heavy atom. The summed E-state index contributed by atoms with van der Waals surface area (Å²) in [5.41, 5.74) is 9.80. The summed E-state index contributed by atoms with van der Waals surface area (Å²) >= 11 is 0. The van der Waals surface area contributed by atoms with Crippen LogP contribution in [-0.4, -0.2) is 35.9 Å². The molecule has 4 rings (SSSR count). The molecule has 4 unspecified atom stereocenters. The fourth-order valence-corrected chi connectivity index (χ4v) is 20.4. The SMILES string of the molecule is CC1CC2CC=C(CCCO[Si](c3ccccc3)(c3ccccc3)C(C)(C)C)C2(CCCN)C(O[Si](C(C)C)(C(C)C)C(C)C)C1. The summed E-state index contributed by atoms with van der Waals surface area (Å²) in [6.07, 6.45) is 11.0. The Bertz CT molecular complexity index is 1190. The van der Waals surface area contributed by atoms with Gasteiger partial charge in [0, 0.05) is 12.0 Å². The molecular weight excluding hydrogens is 595 g/mol. The van der Waals surface area contributed by atoms with Crippen LogP contribution in [0.3, 0.4) is 0 Å². The lowest BCUT2D eigenvalue weighted by atomic mass is 9.58. The zero-order valence-electron chi connectivity index (χ0n) is 31.1. The number of nitrogens with two attached hydrogens (primary N) is 1. The van der Waals surface area contributed by atoms with Crippen LogP contribution in [0.15, 0.2) is 72.3 Å². The standard InChI is InChI=1S/C41H67NO2Si2/c1-31(2)45(32(3)4,33(5)6)44-39-30-34(7)29-36-25-24-35(41(36,39)26-18-27-42)19-17-28-43-46(40(8,9)10,37-20-13-11-14-21-37)38-22-15-12-16-23-38/h11-16,20-24,31-34,36,39H,17-19,25-30,42H2,1-10H3. The molecule has 0 bridgehead atoms. The predicted molar refractivity (Wildman–Crippen MR) is 204 cm³/mol. The molecule has 2 aliphatic carbocycles. The first-order valence-electron chi connectivity index (χ1n) is 18.6. The first kappa shape index (κ1) is 37.3. The molecule has 0 heterocycles. The average molecular weight is 662 g/mol. The molecule has 0 spiro atoms. The summed E-state index contributed by atoms with van der Waals surface area (Å²) in [6.45, 7) is 25.8. The second-order valence-electron chi connectivity index (χ2n) is 16.7. The zero-order chi connectivity index (χ0) is 33.8. The van der Waals surface area contributed by atoms with Crippen LogP contribution in [-0.2, 0) is 8.85 Å². The van der Waals surface area contributed by atoms with Gasteiger partial charge >= 0.3 is 0 Å². The minimum absolute atomic E-state index is 0.00722. The van der Waals surface area contributed by atoms with Crippen molar-refractivity contribution < 1.29 is 8.85 Å². The van der Waals surface area contributed by atoms with Crippen LogP contribution >= 0.6 is 0 Å². The molecule has 0 aromatic heterocycles. The molecule has 2 aromatic rings. The Morgan fingerprint density at radius 2 is 1.37 bits per heavy atom. The molecule has 4 atom stereocenters. The minimum atomic E-state index is -2.55. The van der Waals surface area contributed by atoms with E-state index in [1.54, 1.807) is 5.57 Å². The molecule has 0 saturated heterocycles. The van der Waals surface area contributed by atoms with Crippen LogP contribution in [0.5, 0.6) is 0 Å². The van der Waals surface area contributed by atoms with E-state index in [2.05, 4.69) is 136 Å². The predicted octanol–water partition coefficient (Wildman–Crippen LogP) is 10.0. The van der Waals surface area contributed by atoms with Crippen molar-refractivity contribution in [2.75, 3.05) is 13.2 Å². The van der Waals surface area contributed by atoms with Crippen molar-refractivity contribution >= 4 is 27.0 Å². The average Bonchev–Trinajstić information content (AvgIpc) is 3.36. The number of allylic oxidation sites excluding steroid dienone is 1. The molecule has 0 radical (unpaired) electrons. The second-order valence-corrected chi connectivity index (χ2v) is 26.4. The molecule has 0 amide bonds. The first-order valence-corrected chi connectivity index (χ1v) is 22.6. The lowest BCUT2D eigenvalue weighted by Gasteiger charge is -2.55. The summed E-state index contributed by atoms with van der Waals surface area (Å²) in [5, 5.41) is 2.72. The molecule has 1 fully saturated rings. The van der Waals surface area contributed by atoms with Gasteiger partial charge in [0.25, 0.3) is 8.32 Å². The third-order valence-corrected chi connectivity index (χ3v) is 23.2. The van der Waals surface area contributed by atoms with Crippen molar-refractivity contribution in [3.05, 3.63) is 72.3 Å². The topological polar surface area (TPSA) is 44.5 Å². The number of hydrogen-bond acceptors (Lipinski definition) is 3. The molecule has 46 heavy (non-hydrogen) atoms. The molecule has 0 aliphatic heterocycles. The normalized spacial score (nSPS) is 24.1. The molecule has 1 saturated carbocycles. The van der Waals surface area contributed by atoms with Crippen molar-refractivity contribution in [1.82, 2.24) is 0 Å². The molecular formula is C41H67NO2Si2. The Labute approximate surface area is 285 Å². The van der Waals surface area contributed by atoms with Crippen molar-refractivity contribution in [3.63, 3.8) is 0 Å². The van der Waals surface area contributed by atoms with E-state index >= 15 is 0 Å². The van der Waals surface area contributed by atoms with Crippen LogP contribution < -0.4 is 16.1 Å². The van der Waals surface area contributed by atoms with Crippen LogP contribution in [0.4, 0.5) is 0 Å². The van der Waals surface area contributed by atoms with Gasteiger partial charge in [-0.15, -0.1) is 0 Å². The maximum absolute atomic E-state index is 7.83. The highest BCUT2D eigenvalue weighted by Gasteiger charge is 2.57. The van der Waals surface area contributed by atoms with E-state index < -0.39 is 16.6 Å². The number of rotatable bonds is 15. The van der Waals surface area contributed by atoms with Crippen LogP contribution in [0.1, 0.15) is 114 Å². The first-order chi connectivity index (χ1) is 21.8. The van der Waals surface area contributed by atoms with Crippen molar-refractivity contribution in [1.29, 1.82) is 0 Å².